The van der Waals surface area contributed by atoms with Gasteiger partial charge in [-0.2, -0.15) is 0 Å². The van der Waals surface area contributed by atoms with Crippen LogP contribution in [0.2, 0.25) is 0 Å². The minimum absolute atomic E-state index is 0.319. The van der Waals surface area contributed by atoms with Crippen LogP contribution in [0.5, 0.6) is 0 Å². The van der Waals surface area contributed by atoms with E-state index in [-0.39, 0.29) is 0 Å². The van der Waals surface area contributed by atoms with Crippen LogP contribution in [0, 0.1) is 23.7 Å². The second kappa shape index (κ2) is 11.0. The molecule has 2 aliphatic heterocycles. The monoisotopic (exact) mass is 461 g/mol. The van der Waals surface area contributed by atoms with Crippen LogP contribution in [0.1, 0.15) is 90.4 Å². The molecule has 4 fully saturated rings. The summed E-state index contributed by atoms with van der Waals surface area (Å²) in [6.45, 7) is 2.12. The van der Waals surface area contributed by atoms with Crippen LogP contribution in [0.25, 0.3) is 0 Å². The molecule has 3 N–H and O–H groups in total. The summed E-state index contributed by atoms with van der Waals surface area (Å²) in [5.41, 5.74) is 4.94. The van der Waals surface area contributed by atoms with Crippen molar-refractivity contribution in [3.63, 3.8) is 0 Å². The van der Waals surface area contributed by atoms with Gasteiger partial charge in [-0.15, -0.1) is 0 Å². The maximum atomic E-state index is 12.6. The minimum Gasteiger partial charge on any atom is -0.360 e. The molecule has 34 heavy (non-hydrogen) atoms. The molecule has 6 rings (SSSR count). The van der Waals surface area contributed by atoms with E-state index >= 15 is 0 Å². The lowest BCUT2D eigenvalue weighted by Crippen LogP contribution is -2.55. The van der Waals surface area contributed by atoms with Crippen LogP contribution in [-0.4, -0.2) is 11.9 Å². The first-order valence-corrected chi connectivity index (χ1v) is 13.9. The summed E-state index contributed by atoms with van der Waals surface area (Å²) in [6, 6.07) is 0.500. The number of unbranched alkanes of at least 4 members (excludes halogenated alkanes) is 5. The zero-order valence-corrected chi connectivity index (χ0v) is 21.0. The average Bonchev–Trinajstić information content (AvgIpc) is 2.83. The van der Waals surface area contributed by atoms with Gasteiger partial charge in [-0.3, -0.25) is 4.79 Å². The highest BCUT2D eigenvalue weighted by molar-refractivity contribution is 5.76. The first-order chi connectivity index (χ1) is 16.6. The van der Waals surface area contributed by atoms with Crippen LogP contribution >= 0.6 is 0 Å². The van der Waals surface area contributed by atoms with Crippen molar-refractivity contribution < 1.29 is 4.79 Å². The number of amides is 1. The summed E-state index contributed by atoms with van der Waals surface area (Å²) in [5.74, 6) is 3.84. The van der Waals surface area contributed by atoms with Crippen molar-refractivity contribution in [2.45, 2.75) is 96.4 Å². The van der Waals surface area contributed by atoms with Crippen molar-refractivity contribution in [2.75, 3.05) is 0 Å². The minimum atomic E-state index is 0.319. The molecule has 0 aromatic rings. The van der Waals surface area contributed by atoms with Crippen LogP contribution in [0.4, 0.5) is 0 Å². The standard InChI is InChI=1S/C30H43N3O/c1-21-10-12-31-27(14-21)28-20-22(11-13-32-28)8-6-4-2-3-5-7-9-29(34)33-30-25-16-23-15-24(18-25)19-26(30)17-23/h10-14,20,23-26,30-32H,2-9,15-19H2,1H3,(H,33,34)/b28-27-. The predicted octanol–water partition coefficient (Wildman–Crippen LogP) is 6.37. The molecule has 0 aromatic heterocycles. The molecule has 0 radical (unpaired) electrons. The molecule has 2 heterocycles. The van der Waals surface area contributed by atoms with E-state index < -0.39 is 0 Å². The van der Waals surface area contributed by atoms with E-state index in [0.717, 1.165) is 54.3 Å². The van der Waals surface area contributed by atoms with Gasteiger partial charge in [0.25, 0.3) is 0 Å². The van der Waals surface area contributed by atoms with Gasteiger partial charge >= 0.3 is 0 Å². The topological polar surface area (TPSA) is 53.2 Å². The Morgan fingerprint density at radius 2 is 1.44 bits per heavy atom. The number of nitrogens with one attached hydrogen (secondary N) is 3. The van der Waals surface area contributed by atoms with Crippen LogP contribution in [0.3, 0.4) is 0 Å². The van der Waals surface area contributed by atoms with Crippen molar-refractivity contribution in [1.82, 2.24) is 16.0 Å². The Hall–Kier alpha value is -2.23. The van der Waals surface area contributed by atoms with E-state index in [0.29, 0.717) is 11.9 Å². The molecule has 0 aromatic carbocycles. The third kappa shape index (κ3) is 5.87. The van der Waals surface area contributed by atoms with Crippen molar-refractivity contribution in [2.24, 2.45) is 23.7 Å². The van der Waals surface area contributed by atoms with E-state index in [1.165, 1.54) is 75.4 Å². The normalized spacial score (nSPS) is 33.3. The zero-order valence-electron chi connectivity index (χ0n) is 21.0. The van der Waals surface area contributed by atoms with Crippen molar-refractivity contribution in [3.8, 4) is 0 Å². The number of carbonyl (C=O) groups excluding carboxylic acids is 1. The van der Waals surface area contributed by atoms with Gasteiger partial charge in [0, 0.05) is 24.9 Å². The van der Waals surface area contributed by atoms with Gasteiger partial charge in [0.2, 0.25) is 5.91 Å². The molecule has 0 unspecified atom stereocenters. The van der Waals surface area contributed by atoms with E-state index in [9.17, 15) is 4.79 Å². The molecule has 6 aliphatic rings. The van der Waals surface area contributed by atoms with Crippen LogP contribution in [0.15, 0.2) is 59.2 Å². The summed E-state index contributed by atoms with van der Waals surface area (Å²) in [6.07, 6.45) is 28.9. The van der Waals surface area contributed by atoms with Gasteiger partial charge in [0.05, 0.1) is 11.4 Å². The second-order valence-corrected chi connectivity index (χ2v) is 11.5. The molecule has 4 saturated carbocycles. The lowest BCUT2D eigenvalue weighted by molar-refractivity contribution is -0.125. The molecule has 4 aliphatic carbocycles. The van der Waals surface area contributed by atoms with Gasteiger partial charge in [0.15, 0.2) is 0 Å². The molecular weight excluding hydrogens is 418 g/mol. The molecular formula is C30H43N3O. The Labute approximate surface area is 206 Å². The van der Waals surface area contributed by atoms with E-state index in [1.54, 1.807) is 0 Å². The second-order valence-electron chi connectivity index (χ2n) is 11.5. The maximum absolute atomic E-state index is 12.6. The van der Waals surface area contributed by atoms with Crippen LogP contribution < -0.4 is 16.0 Å². The Balaban J connectivity index is 0.933. The third-order valence-corrected chi connectivity index (χ3v) is 8.79. The largest absolute Gasteiger partial charge is 0.360 e. The van der Waals surface area contributed by atoms with E-state index in [4.69, 9.17) is 0 Å². The molecule has 184 valence electrons. The first-order valence-electron chi connectivity index (χ1n) is 13.9. The summed E-state index contributed by atoms with van der Waals surface area (Å²) in [7, 11) is 0. The molecule has 0 atom stereocenters. The fraction of sp³-hybridized carbons (Fsp3) is 0.633. The zero-order chi connectivity index (χ0) is 23.3. The molecule has 0 saturated heterocycles. The highest BCUT2D eigenvalue weighted by Crippen LogP contribution is 2.53. The number of hydrogen-bond donors (Lipinski definition) is 3. The summed E-state index contributed by atoms with van der Waals surface area (Å²) >= 11 is 0. The van der Waals surface area contributed by atoms with Gasteiger partial charge in [0.1, 0.15) is 0 Å². The third-order valence-electron chi connectivity index (χ3n) is 8.79. The van der Waals surface area contributed by atoms with Crippen molar-refractivity contribution >= 4 is 5.91 Å². The average molecular weight is 462 g/mol. The van der Waals surface area contributed by atoms with Gasteiger partial charge in [-0.1, -0.05) is 25.7 Å². The lowest BCUT2D eigenvalue weighted by atomic mass is 9.54. The van der Waals surface area contributed by atoms with Crippen molar-refractivity contribution in [1.29, 1.82) is 0 Å². The number of carbonyl (C=O) groups is 1. The Bertz CT molecular complexity index is 878. The molecule has 0 spiro atoms. The quantitative estimate of drug-likeness (QED) is 0.332. The first kappa shape index (κ1) is 23.5. The fourth-order valence-electron chi connectivity index (χ4n) is 7.30. The Morgan fingerprint density at radius 1 is 0.824 bits per heavy atom. The van der Waals surface area contributed by atoms with Gasteiger partial charge in [-0.05, 0) is 117 Å². The van der Waals surface area contributed by atoms with Gasteiger partial charge < -0.3 is 16.0 Å². The molecule has 4 heteroatoms. The smallest absolute Gasteiger partial charge is 0.220 e. The molecule has 4 bridgehead atoms. The number of hydrogen-bond acceptors (Lipinski definition) is 3. The molecule has 4 nitrogen and oxygen atoms in total. The highest BCUT2D eigenvalue weighted by atomic mass is 16.1. The van der Waals surface area contributed by atoms with Crippen LogP contribution in [-0.2, 0) is 4.79 Å². The predicted molar refractivity (Wildman–Crippen MR) is 139 cm³/mol. The Kier molecular flexibility index (Phi) is 7.61. The lowest BCUT2D eigenvalue weighted by Gasteiger charge is -2.54. The van der Waals surface area contributed by atoms with E-state index in [1.807, 2.05) is 6.20 Å². The van der Waals surface area contributed by atoms with Crippen molar-refractivity contribution in [3.05, 3.63) is 59.2 Å². The SMILES string of the molecule is CC1=C/C(=C2\C=C(CCCCCCCCC(=O)NC3C4CC5CC(C4)CC3C5)C=CN2)NC=C1. The van der Waals surface area contributed by atoms with E-state index in [2.05, 4.69) is 53.4 Å². The number of dihydropyridines is 2. The number of rotatable bonds is 10. The Morgan fingerprint density at radius 3 is 2.15 bits per heavy atom. The fourth-order valence-corrected chi connectivity index (χ4v) is 7.30. The summed E-state index contributed by atoms with van der Waals surface area (Å²) < 4.78 is 0. The maximum Gasteiger partial charge on any atom is 0.220 e. The molecule has 1 amide bonds. The highest BCUT2D eigenvalue weighted by Gasteiger charge is 2.48. The summed E-state index contributed by atoms with van der Waals surface area (Å²) in [5, 5.41) is 10.2. The van der Waals surface area contributed by atoms with Gasteiger partial charge in [-0.25, -0.2) is 0 Å². The number of allylic oxidation sites excluding steroid dienone is 6. The summed E-state index contributed by atoms with van der Waals surface area (Å²) in [4.78, 5) is 12.6.